The van der Waals surface area contributed by atoms with Crippen LogP contribution in [0.15, 0.2) is 107 Å². The maximum atomic E-state index is 14.1. The highest BCUT2D eigenvalue weighted by molar-refractivity contribution is 7.89. The molecule has 6 nitrogen and oxygen atoms in total. The monoisotopic (exact) mass is 581 g/mol. The van der Waals surface area contributed by atoms with Gasteiger partial charge in [-0.2, -0.15) is 17.9 Å². The molecule has 4 aromatic carbocycles. The summed E-state index contributed by atoms with van der Waals surface area (Å²) in [7, 11) is -2.37. The number of halogens is 1. The fraction of sp³-hybridized carbons (Fsp3) is 0.152. The molecule has 6 rings (SSSR count). The van der Waals surface area contributed by atoms with Gasteiger partial charge in [-0.15, -0.1) is 0 Å². The van der Waals surface area contributed by atoms with Gasteiger partial charge in [-0.25, -0.2) is 0 Å². The highest BCUT2D eigenvalue weighted by Crippen LogP contribution is 2.42. The Morgan fingerprint density at radius 2 is 1.59 bits per heavy atom. The standard InChI is InChI=1S/C33H28ClN3O3S/c1-21-9-16-27(17-10-21)41(38,39)37-31(23-11-14-26(40-3)15-12-23)20-30(36-37)32-22(2)35-29-18-13-25(34)19-28(29)33(32)24-7-5-4-6-8-24/h4-19,31H,20H2,1-3H3. The SMILES string of the molecule is COc1ccc(C2CC(c3c(C)nc4ccc(Cl)cc4c3-c3ccccc3)=NN2S(=O)(=O)c2ccc(C)cc2)cc1. The molecule has 1 atom stereocenters. The van der Waals surface area contributed by atoms with E-state index in [0.717, 1.165) is 44.4 Å². The predicted molar refractivity (Wildman–Crippen MR) is 164 cm³/mol. The van der Waals surface area contributed by atoms with E-state index in [4.69, 9.17) is 26.4 Å². The van der Waals surface area contributed by atoms with E-state index in [1.165, 1.54) is 4.41 Å². The van der Waals surface area contributed by atoms with Crippen LogP contribution in [0.3, 0.4) is 0 Å². The van der Waals surface area contributed by atoms with Crippen molar-refractivity contribution >= 4 is 38.2 Å². The lowest BCUT2D eigenvalue weighted by molar-refractivity contribution is 0.370. The minimum absolute atomic E-state index is 0.190. The summed E-state index contributed by atoms with van der Waals surface area (Å²) < 4.78 is 34.8. The first-order chi connectivity index (χ1) is 19.8. The van der Waals surface area contributed by atoms with E-state index in [2.05, 4.69) is 0 Å². The molecule has 0 saturated carbocycles. The largest absolute Gasteiger partial charge is 0.497 e. The summed E-state index contributed by atoms with van der Waals surface area (Å²) in [6.07, 6.45) is 0.367. The molecule has 8 heteroatoms. The quantitative estimate of drug-likeness (QED) is 0.206. The van der Waals surface area contributed by atoms with Crippen molar-refractivity contribution in [2.24, 2.45) is 5.10 Å². The molecule has 206 valence electrons. The zero-order valence-electron chi connectivity index (χ0n) is 22.9. The second-order valence-electron chi connectivity index (χ2n) is 10.1. The molecular formula is C33H28ClN3O3S. The smallest absolute Gasteiger partial charge is 0.279 e. The van der Waals surface area contributed by atoms with Crippen LogP contribution in [0.2, 0.25) is 5.02 Å². The molecule has 1 aliphatic heterocycles. The molecule has 0 spiro atoms. The molecule has 0 bridgehead atoms. The fourth-order valence-corrected chi connectivity index (χ4v) is 6.98. The van der Waals surface area contributed by atoms with Gasteiger partial charge in [-0.05, 0) is 67.4 Å². The molecule has 1 aromatic heterocycles. The number of hydrazone groups is 1. The third kappa shape index (κ3) is 4.96. The molecule has 0 amide bonds. The summed E-state index contributed by atoms with van der Waals surface area (Å²) in [6.45, 7) is 3.87. The van der Waals surface area contributed by atoms with Crippen LogP contribution in [0.25, 0.3) is 22.0 Å². The molecule has 0 fully saturated rings. The number of hydrogen-bond donors (Lipinski definition) is 0. The Morgan fingerprint density at radius 1 is 0.878 bits per heavy atom. The van der Waals surface area contributed by atoms with Crippen molar-refractivity contribution in [2.75, 3.05) is 7.11 Å². The highest BCUT2D eigenvalue weighted by Gasteiger charge is 2.39. The van der Waals surface area contributed by atoms with Gasteiger partial charge in [0, 0.05) is 33.7 Å². The van der Waals surface area contributed by atoms with Crippen LogP contribution in [-0.2, 0) is 10.0 Å². The minimum Gasteiger partial charge on any atom is -0.497 e. The molecule has 0 aliphatic carbocycles. The van der Waals surface area contributed by atoms with Gasteiger partial charge in [0.25, 0.3) is 10.0 Å². The fourth-order valence-electron chi connectivity index (χ4n) is 5.37. The van der Waals surface area contributed by atoms with Crippen molar-refractivity contribution in [1.82, 2.24) is 9.40 Å². The third-order valence-electron chi connectivity index (χ3n) is 7.42. The lowest BCUT2D eigenvalue weighted by Crippen LogP contribution is -2.27. The zero-order valence-corrected chi connectivity index (χ0v) is 24.4. The van der Waals surface area contributed by atoms with Crippen LogP contribution in [0.5, 0.6) is 5.75 Å². The van der Waals surface area contributed by atoms with Crippen molar-refractivity contribution in [3.05, 3.63) is 124 Å². The maximum absolute atomic E-state index is 14.1. The van der Waals surface area contributed by atoms with Crippen molar-refractivity contribution < 1.29 is 13.2 Å². The Hall–Kier alpha value is -4.20. The van der Waals surface area contributed by atoms with E-state index in [1.54, 1.807) is 31.4 Å². The Bertz CT molecular complexity index is 1890. The molecule has 0 N–H and O–H groups in total. The summed E-state index contributed by atoms with van der Waals surface area (Å²) in [5.41, 5.74) is 6.73. The lowest BCUT2D eigenvalue weighted by Gasteiger charge is -2.23. The molecule has 0 saturated heterocycles. The molecule has 1 aliphatic rings. The Morgan fingerprint density at radius 3 is 2.27 bits per heavy atom. The third-order valence-corrected chi connectivity index (χ3v) is 9.35. The number of pyridine rings is 1. The number of methoxy groups -OCH3 is 1. The molecule has 1 unspecified atom stereocenters. The van der Waals surface area contributed by atoms with E-state index < -0.39 is 16.1 Å². The Balaban J connectivity index is 1.58. The molecule has 2 heterocycles. The number of aromatic nitrogens is 1. The van der Waals surface area contributed by atoms with E-state index in [1.807, 2.05) is 86.6 Å². The van der Waals surface area contributed by atoms with Gasteiger partial charge < -0.3 is 4.74 Å². The van der Waals surface area contributed by atoms with Crippen LogP contribution in [0.4, 0.5) is 0 Å². The van der Waals surface area contributed by atoms with Gasteiger partial charge in [-0.1, -0.05) is 71.8 Å². The number of benzene rings is 4. The topological polar surface area (TPSA) is 71.9 Å². The summed E-state index contributed by atoms with van der Waals surface area (Å²) >= 11 is 6.46. The van der Waals surface area contributed by atoms with E-state index in [9.17, 15) is 8.42 Å². The normalized spacial score (nSPS) is 15.3. The Labute approximate surface area is 244 Å². The van der Waals surface area contributed by atoms with Crippen LogP contribution in [-0.4, -0.2) is 30.6 Å². The molecule has 5 aromatic rings. The summed E-state index contributed by atoms with van der Waals surface area (Å²) in [6, 6.07) is 29.4. The first-order valence-corrected chi connectivity index (χ1v) is 15.1. The molecular weight excluding hydrogens is 554 g/mol. The van der Waals surface area contributed by atoms with Gasteiger partial charge in [-0.3, -0.25) is 4.98 Å². The molecule has 41 heavy (non-hydrogen) atoms. The number of fused-ring (bicyclic) bond motifs is 1. The van der Waals surface area contributed by atoms with E-state index >= 15 is 0 Å². The molecule has 0 radical (unpaired) electrons. The van der Waals surface area contributed by atoms with Crippen molar-refractivity contribution in [2.45, 2.75) is 31.2 Å². The predicted octanol–water partition coefficient (Wildman–Crippen LogP) is 7.72. The summed E-state index contributed by atoms with van der Waals surface area (Å²) in [5.74, 6) is 0.693. The van der Waals surface area contributed by atoms with Crippen LogP contribution < -0.4 is 4.74 Å². The first kappa shape index (κ1) is 27.0. The van der Waals surface area contributed by atoms with Gasteiger partial charge in [0.15, 0.2) is 0 Å². The number of hydrogen-bond acceptors (Lipinski definition) is 5. The Kier molecular flexibility index (Phi) is 7.01. The lowest BCUT2D eigenvalue weighted by atomic mass is 9.89. The van der Waals surface area contributed by atoms with Crippen molar-refractivity contribution in [3.63, 3.8) is 0 Å². The van der Waals surface area contributed by atoms with Crippen LogP contribution in [0.1, 0.15) is 34.8 Å². The number of ether oxygens (including phenoxy) is 1. The van der Waals surface area contributed by atoms with Crippen molar-refractivity contribution in [3.8, 4) is 16.9 Å². The summed E-state index contributed by atoms with van der Waals surface area (Å²) in [4.78, 5) is 5.09. The number of sulfonamides is 1. The average Bonchev–Trinajstić information content (AvgIpc) is 3.43. The van der Waals surface area contributed by atoms with Gasteiger partial charge in [0.1, 0.15) is 5.75 Å². The van der Waals surface area contributed by atoms with Gasteiger partial charge in [0.05, 0.1) is 29.3 Å². The average molecular weight is 582 g/mol. The first-order valence-electron chi connectivity index (χ1n) is 13.2. The number of nitrogens with zero attached hydrogens (tertiary/aromatic N) is 3. The van der Waals surface area contributed by atoms with Gasteiger partial charge in [0.2, 0.25) is 0 Å². The summed E-state index contributed by atoms with van der Waals surface area (Å²) in [5, 5.41) is 6.34. The van der Waals surface area contributed by atoms with E-state index in [0.29, 0.717) is 22.9 Å². The van der Waals surface area contributed by atoms with E-state index in [-0.39, 0.29) is 4.90 Å². The maximum Gasteiger partial charge on any atom is 0.279 e. The number of aryl methyl sites for hydroxylation is 2. The van der Waals surface area contributed by atoms with Crippen molar-refractivity contribution in [1.29, 1.82) is 0 Å². The zero-order chi connectivity index (χ0) is 28.7. The van der Waals surface area contributed by atoms with Gasteiger partial charge >= 0.3 is 0 Å². The second kappa shape index (κ2) is 10.7. The van der Waals surface area contributed by atoms with Crippen LogP contribution in [0, 0.1) is 13.8 Å². The minimum atomic E-state index is -3.98. The van der Waals surface area contributed by atoms with Crippen LogP contribution >= 0.6 is 11.6 Å². The second-order valence-corrected chi connectivity index (χ2v) is 12.3. The highest BCUT2D eigenvalue weighted by atomic mass is 35.5. The number of rotatable bonds is 6.